The fourth-order valence-electron chi connectivity index (χ4n) is 2.45. The molecule has 28 heavy (non-hydrogen) atoms. The molecular weight excluding hydrogens is 378 g/mol. The molecule has 3 N–H and O–H groups in total. The smallest absolute Gasteiger partial charge is 0.261 e. The lowest BCUT2D eigenvalue weighted by Crippen LogP contribution is -2.12. The lowest BCUT2D eigenvalue weighted by atomic mass is 10.1. The third-order valence-corrected chi connectivity index (χ3v) is 5.30. The molecule has 0 spiro atoms. The van der Waals surface area contributed by atoms with Crippen molar-refractivity contribution in [2.45, 2.75) is 4.90 Å². The van der Waals surface area contributed by atoms with Crippen LogP contribution in [0.4, 0.5) is 5.69 Å². The van der Waals surface area contributed by atoms with Gasteiger partial charge in [-0.1, -0.05) is 30.3 Å². The van der Waals surface area contributed by atoms with Gasteiger partial charge < -0.3 is 10.2 Å². The van der Waals surface area contributed by atoms with E-state index in [1.165, 1.54) is 54.6 Å². The zero-order valence-electron chi connectivity index (χ0n) is 14.6. The molecule has 0 saturated heterocycles. The molecule has 0 unspecified atom stereocenters. The zero-order chi connectivity index (χ0) is 20.1. The minimum atomic E-state index is -3.87. The number of aromatic hydroxyl groups is 2. The van der Waals surface area contributed by atoms with Gasteiger partial charge in [0.25, 0.3) is 10.0 Å². The Labute approximate surface area is 162 Å². The zero-order valence-corrected chi connectivity index (χ0v) is 15.4. The first-order valence-corrected chi connectivity index (χ1v) is 9.76. The summed E-state index contributed by atoms with van der Waals surface area (Å²) in [7, 11) is -3.87. The Hall–Kier alpha value is -3.58. The Bertz CT molecular complexity index is 1120. The number of phenolic OH excluding ortho intramolecular Hbond substituents is 2. The van der Waals surface area contributed by atoms with Crippen LogP contribution < -0.4 is 4.72 Å². The van der Waals surface area contributed by atoms with E-state index in [-0.39, 0.29) is 27.9 Å². The molecule has 0 aliphatic heterocycles. The second-order valence-electron chi connectivity index (χ2n) is 5.94. The summed E-state index contributed by atoms with van der Waals surface area (Å²) < 4.78 is 27.0. The van der Waals surface area contributed by atoms with E-state index in [1.54, 1.807) is 24.3 Å². The monoisotopic (exact) mass is 395 g/mol. The van der Waals surface area contributed by atoms with Crippen molar-refractivity contribution in [2.24, 2.45) is 0 Å². The van der Waals surface area contributed by atoms with Crippen LogP contribution in [0.5, 0.6) is 11.5 Å². The molecule has 0 aromatic heterocycles. The largest absolute Gasteiger partial charge is 0.508 e. The molecule has 0 amide bonds. The Morgan fingerprint density at radius 2 is 1.57 bits per heavy atom. The second kappa shape index (κ2) is 7.98. The molecule has 0 aliphatic carbocycles. The molecule has 0 radical (unpaired) electrons. The highest BCUT2D eigenvalue weighted by molar-refractivity contribution is 7.92. The average Bonchev–Trinajstić information content (AvgIpc) is 2.68. The average molecular weight is 395 g/mol. The summed E-state index contributed by atoms with van der Waals surface area (Å²) in [5, 5.41) is 19.4. The van der Waals surface area contributed by atoms with Gasteiger partial charge in [0.05, 0.1) is 10.6 Å². The van der Waals surface area contributed by atoms with Gasteiger partial charge in [-0.25, -0.2) is 8.42 Å². The van der Waals surface area contributed by atoms with Gasteiger partial charge in [0, 0.05) is 17.2 Å². The van der Waals surface area contributed by atoms with Crippen LogP contribution >= 0.6 is 0 Å². The van der Waals surface area contributed by atoms with Crippen molar-refractivity contribution in [2.75, 3.05) is 4.72 Å². The highest BCUT2D eigenvalue weighted by Gasteiger charge is 2.14. The number of sulfonamides is 1. The van der Waals surface area contributed by atoms with E-state index >= 15 is 0 Å². The van der Waals surface area contributed by atoms with E-state index in [0.29, 0.717) is 11.1 Å². The predicted molar refractivity (Wildman–Crippen MR) is 107 cm³/mol. The molecule has 142 valence electrons. The first-order valence-electron chi connectivity index (χ1n) is 8.27. The van der Waals surface area contributed by atoms with Gasteiger partial charge >= 0.3 is 0 Å². The summed E-state index contributed by atoms with van der Waals surface area (Å²) >= 11 is 0. The molecule has 0 saturated carbocycles. The van der Waals surface area contributed by atoms with Crippen LogP contribution in [0.3, 0.4) is 0 Å². The van der Waals surface area contributed by atoms with Crippen LogP contribution in [0, 0.1) is 0 Å². The molecule has 3 rings (SSSR count). The molecule has 0 heterocycles. The van der Waals surface area contributed by atoms with Gasteiger partial charge in [-0.15, -0.1) is 0 Å². The molecular formula is C21H17NO5S. The van der Waals surface area contributed by atoms with Crippen LogP contribution in [0.1, 0.15) is 15.9 Å². The Morgan fingerprint density at radius 3 is 2.21 bits per heavy atom. The van der Waals surface area contributed by atoms with E-state index in [2.05, 4.69) is 4.72 Å². The maximum atomic E-state index is 12.3. The van der Waals surface area contributed by atoms with E-state index in [4.69, 9.17) is 0 Å². The Kier molecular flexibility index (Phi) is 5.47. The normalized spacial score (nSPS) is 11.4. The maximum absolute atomic E-state index is 12.3. The van der Waals surface area contributed by atoms with E-state index < -0.39 is 10.0 Å². The molecule has 3 aromatic carbocycles. The number of anilines is 1. The van der Waals surface area contributed by atoms with Crippen molar-refractivity contribution in [1.29, 1.82) is 0 Å². The first-order chi connectivity index (χ1) is 13.3. The highest BCUT2D eigenvalue weighted by Crippen LogP contribution is 2.25. The molecule has 6 nitrogen and oxygen atoms in total. The van der Waals surface area contributed by atoms with Crippen molar-refractivity contribution < 1.29 is 23.4 Å². The summed E-state index contributed by atoms with van der Waals surface area (Å²) in [4.78, 5) is 12.1. The first kappa shape index (κ1) is 19.2. The number of hydrogen-bond acceptors (Lipinski definition) is 5. The van der Waals surface area contributed by atoms with Crippen molar-refractivity contribution in [3.05, 3.63) is 90.0 Å². The van der Waals surface area contributed by atoms with Crippen LogP contribution in [0.2, 0.25) is 0 Å². The Balaban J connectivity index is 1.76. The fraction of sp³-hybridized carbons (Fsp3) is 0. The van der Waals surface area contributed by atoms with Crippen LogP contribution in [0.15, 0.2) is 83.8 Å². The van der Waals surface area contributed by atoms with Gasteiger partial charge in [-0.2, -0.15) is 0 Å². The summed E-state index contributed by atoms with van der Waals surface area (Å²) in [6.45, 7) is 0. The molecule has 7 heteroatoms. The molecule has 3 aromatic rings. The predicted octanol–water partition coefficient (Wildman–Crippen LogP) is 3.79. The summed E-state index contributed by atoms with van der Waals surface area (Å²) in [5.41, 5.74) is 1.06. The van der Waals surface area contributed by atoms with Gasteiger partial charge in [-0.3, -0.25) is 9.52 Å². The number of carbonyl (C=O) groups is 1. The van der Waals surface area contributed by atoms with Gasteiger partial charge in [0.1, 0.15) is 11.5 Å². The highest BCUT2D eigenvalue weighted by atomic mass is 32.2. The van der Waals surface area contributed by atoms with E-state index in [0.717, 1.165) is 0 Å². The quantitative estimate of drug-likeness (QED) is 0.435. The number of benzene rings is 3. The van der Waals surface area contributed by atoms with Crippen molar-refractivity contribution >= 4 is 27.6 Å². The van der Waals surface area contributed by atoms with E-state index in [9.17, 15) is 23.4 Å². The number of phenols is 2. The fourth-order valence-corrected chi connectivity index (χ4v) is 3.50. The number of ketones is 1. The minimum Gasteiger partial charge on any atom is -0.508 e. The van der Waals surface area contributed by atoms with Crippen LogP contribution in [0.25, 0.3) is 6.08 Å². The lowest BCUT2D eigenvalue weighted by Gasteiger charge is -2.09. The lowest BCUT2D eigenvalue weighted by molar-refractivity contribution is 0.104. The molecule has 0 aliphatic rings. The molecule has 0 atom stereocenters. The van der Waals surface area contributed by atoms with Gasteiger partial charge in [0.15, 0.2) is 5.78 Å². The standard InChI is InChI=1S/C21H17NO5S/c23-18-9-11-19(12-10-18)28(26,27)22-17-8-6-16(21(25)14-17)7-13-20(24)15-4-2-1-3-5-15/h1-14,22-23,25H. The third kappa shape index (κ3) is 4.57. The van der Waals surface area contributed by atoms with Crippen molar-refractivity contribution in [3.8, 4) is 11.5 Å². The Morgan fingerprint density at radius 1 is 0.893 bits per heavy atom. The number of allylic oxidation sites excluding steroid dienone is 1. The van der Waals surface area contributed by atoms with Gasteiger partial charge in [0.2, 0.25) is 0 Å². The number of hydrogen-bond donors (Lipinski definition) is 3. The maximum Gasteiger partial charge on any atom is 0.261 e. The van der Waals surface area contributed by atoms with Gasteiger partial charge in [-0.05, 0) is 48.6 Å². The minimum absolute atomic E-state index is 0.0257. The third-order valence-electron chi connectivity index (χ3n) is 3.90. The summed E-state index contributed by atoms with van der Waals surface area (Å²) in [5.74, 6) is -0.432. The molecule has 0 fully saturated rings. The number of nitrogens with one attached hydrogen (secondary N) is 1. The van der Waals surface area contributed by atoms with Crippen molar-refractivity contribution in [1.82, 2.24) is 0 Å². The van der Waals surface area contributed by atoms with Crippen molar-refractivity contribution in [3.63, 3.8) is 0 Å². The topological polar surface area (TPSA) is 104 Å². The number of carbonyl (C=O) groups excluding carboxylic acids is 1. The SMILES string of the molecule is O=C(C=Cc1ccc(NS(=O)(=O)c2ccc(O)cc2)cc1O)c1ccccc1. The number of rotatable bonds is 6. The summed E-state index contributed by atoms with van der Waals surface area (Å²) in [6.07, 6.45) is 2.80. The second-order valence-corrected chi connectivity index (χ2v) is 7.62. The molecule has 0 bridgehead atoms. The van der Waals surface area contributed by atoms with Crippen LogP contribution in [-0.4, -0.2) is 24.4 Å². The van der Waals surface area contributed by atoms with E-state index in [1.807, 2.05) is 6.07 Å². The van der Waals surface area contributed by atoms with Crippen LogP contribution in [-0.2, 0) is 10.0 Å². The summed E-state index contributed by atoms with van der Waals surface area (Å²) in [6, 6.07) is 18.0.